The van der Waals surface area contributed by atoms with E-state index in [1.54, 1.807) is 0 Å². The molecule has 4 N–H and O–H groups in total. The van der Waals surface area contributed by atoms with Crippen molar-refractivity contribution in [3.63, 3.8) is 0 Å². The molecule has 0 saturated heterocycles. The van der Waals surface area contributed by atoms with Gasteiger partial charge in [0.2, 0.25) is 0 Å². The second-order valence-electron chi connectivity index (χ2n) is 3.86. The smallest absolute Gasteiger partial charge is 0.126 e. The molecule has 0 bridgehead atoms. The van der Waals surface area contributed by atoms with Crippen LogP contribution in [0, 0.1) is 6.92 Å². The zero-order valence-electron chi connectivity index (χ0n) is 9.44. The zero-order valence-corrected chi connectivity index (χ0v) is 11.0. The minimum Gasteiger partial charge on any atom is -0.394 e. The quantitative estimate of drug-likeness (QED) is 0.812. The van der Waals surface area contributed by atoms with Gasteiger partial charge < -0.3 is 15.8 Å². The molecule has 1 heterocycles. The molecule has 5 heteroatoms. The third-order valence-corrected chi connectivity index (χ3v) is 3.27. The molecule has 0 aliphatic carbocycles. The summed E-state index contributed by atoms with van der Waals surface area (Å²) in [5.74, 6) is 0.607. The molecule has 2 rings (SSSR count). The first kappa shape index (κ1) is 12.3. The lowest BCUT2D eigenvalue weighted by atomic mass is 10.1. The molecule has 17 heavy (non-hydrogen) atoms. The number of hydrogen-bond acceptors (Lipinski definition) is 3. The fraction of sp³-hybridized carbons (Fsp3) is 0.250. The van der Waals surface area contributed by atoms with Crippen molar-refractivity contribution in [2.45, 2.75) is 13.0 Å². The first-order chi connectivity index (χ1) is 8.13. The number of nitrogens with zero attached hydrogens (tertiary/aromatic N) is 1. The van der Waals surface area contributed by atoms with Gasteiger partial charge in [-0.1, -0.05) is 34.1 Å². The lowest BCUT2D eigenvalue weighted by molar-refractivity contribution is 0.264. The molecule has 4 nitrogen and oxygen atoms in total. The van der Waals surface area contributed by atoms with Gasteiger partial charge in [-0.2, -0.15) is 0 Å². The van der Waals surface area contributed by atoms with E-state index in [-0.39, 0.29) is 6.61 Å². The summed E-state index contributed by atoms with van der Waals surface area (Å²) >= 11 is 3.50. The van der Waals surface area contributed by atoms with Gasteiger partial charge in [0, 0.05) is 15.7 Å². The minimum absolute atomic E-state index is 0.123. The number of halogens is 1. The van der Waals surface area contributed by atoms with Crippen LogP contribution >= 0.6 is 15.9 Å². The minimum atomic E-state index is -0.468. The van der Waals surface area contributed by atoms with Crippen molar-refractivity contribution in [1.82, 2.24) is 9.97 Å². The number of rotatable bonds is 3. The van der Waals surface area contributed by atoms with Crippen LogP contribution < -0.4 is 5.73 Å². The Morgan fingerprint density at radius 3 is 2.82 bits per heavy atom. The summed E-state index contributed by atoms with van der Waals surface area (Å²) in [6.45, 7) is 1.82. The van der Waals surface area contributed by atoms with Gasteiger partial charge in [0.25, 0.3) is 0 Å². The van der Waals surface area contributed by atoms with E-state index in [2.05, 4.69) is 25.9 Å². The summed E-state index contributed by atoms with van der Waals surface area (Å²) < 4.78 is 0.985. The SMILES string of the molecule is Cc1[nH]c(C(N)CO)nc1-c1ccccc1Br. The predicted octanol–water partition coefficient (Wildman–Crippen LogP) is 2.14. The van der Waals surface area contributed by atoms with E-state index in [0.29, 0.717) is 5.82 Å². The highest BCUT2D eigenvalue weighted by atomic mass is 79.9. The van der Waals surface area contributed by atoms with E-state index in [9.17, 15) is 0 Å². The van der Waals surface area contributed by atoms with Gasteiger partial charge >= 0.3 is 0 Å². The van der Waals surface area contributed by atoms with E-state index in [1.807, 2.05) is 31.2 Å². The van der Waals surface area contributed by atoms with Crippen LogP contribution in [0.3, 0.4) is 0 Å². The Morgan fingerprint density at radius 1 is 1.47 bits per heavy atom. The molecule has 90 valence electrons. The second kappa shape index (κ2) is 5.00. The van der Waals surface area contributed by atoms with E-state index in [0.717, 1.165) is 21.4 Å². The van der Waals surface area contributed by atoms with Crippen LogP contribution in [-0.2, 0) is 0 Å². The maximum Gasteiger partial charge on any atom is 0.126 e. The van der Waals surface area contributed by atoms with Gasteiger partial charge in [-0.25, -0.2) is 4.98 Å². The van der Waals surface area contributed by atoms with Crippen molar-refractivity contribution in [3.8, 4) is 11.3 Å². The number of H-pyrrole nitrogens is 1. The number of nitrogens with one attached hydrogen (secondary N) is 1. The lowest BCUT2D eigenvalue weighted by Gasteiger charge is -2.03. The fourth-order valence-electron chi connectivity index (χ4n) is 1.66. The number of benzene rings is 1. The van der Waals surface area contributed by atoms with E-state index >= 15 is 0 Å². The Morgan fingerprint density at radius 2 is 2.18 bits per heavy atom. The average Bonchev–Trinajstić information content (AvgIpc) is 2.71. The molecular weight excluding hydrogens is 282 g/mol. The number of hydrogen-bond donors (Lipinski definition) is 3. The summed E-state index contributed by atoms with van der Waals surface area (Å²) in [5, 5.41) is 9.02. The van der Waals surface area contributed by atoms with Crippen molar-refractivity contribution in [1.29, 1.82) is 0 Å². The van der Waals surface area contributed by atoms with Crippen LogP contribution in [0.2, 0.25) is 0 Å². The summed E-state index contributed by atoms with van der Waals surface area (Å²) in [6, 6.07) is 7.40. The van der Waals surface area contributed by atoms with Crippen LogP contribution in [0.4, 0.5) is 0 Å². The van der Waals surface area contributed by atoms with E-state index < -0.39 is 6.04 Å². The van der Waals surface area contributed by atoms with Crippen molar-refractivity contribution < 1.29 is 5.11 Å². The zero-order chi connectivity index (χ0) is 12.4. The fourth-order valence-corrected chi connectivity index (χ4v) is 2.13. The van der Waals surface area contributed by atoms with Crippen molar-refractivity contribution in [3.05, 3.63) is 40.3 Å². The highest BCUT2D eigenvalue weighted by Crippen LogP contribution is 2.29. The Bertz CT molecular complexity index is 524. The molecule has 1 aromatic carbocycles. The number of aliphatic hydroxyl groups excluding tert-OH is 1. The van der Waals surface area contributed by atoms with Gasteiger partial charge in [0.05, 0.1) is 18.3 Å². The average molecular weight is 296 g/mol. The number of imidazole rings is 1. The highest BCUT2D eigenvalue weighted by Gasteiger charge is 2.15. The highest BCUT2D eigenvalue weighted by molar-refractivity contribution is 9.10. The number of aryl methyl sites for hydroxylation is 1. The topological polar surface area (TPSA) is 74.9 Å². The Balaban J connectivity index is 2.47. The lowest BCUT2D eigenvalue weighted by Crippen LogP contribution is -2.16. The molecule has 1 atom stereocenters. The van der Waals surface area contributed by atoms with Crippen molar-refractivity contribution >= 4 is 15.9 Å². The van der Waals surface area contributed by atoms with E-state index in [1.165, 1.54) is 0 Å². The normalized spacial score (nSPS) is 12.7. The van der Waals surface area contributed by atoms with Gasteiger partial charge in [-0.3, -0.25) is 0 Å². The molecule has 1 unspecified atom stereocenters. The maximum absolute atomic E-state index is 9.02. The summed E-state index contributed by atoms with van der Waals surface area (Å²) in [6.07, 6.45) is 0. The van der Waals surface area contributed by atoms with Gasteiger partial charge in [0.1, 0.15) is 5.82 Å². The monoisotopic (exact) mass is 295 g/mol. The molecule has 0 fully saturated rings. The third-order valence-electron chi connectivity index (χ3n) is 2.58. The molecule has 0 saturated carbocycles. The maximum atomic E-state index is 9.02. The Kier molecular flexibility index (Phi) is 3.61. The van der Waals surface area contributed by atoms with Crippen LogP contribution in [-0.4, -0.2) is 21.7 Å². The molecule has 0 aliphatic heterocycles. The van der Waals surface area contributed by atoms with Gasteiger partial charge in [0.15, 0.2) is 0 Å². The standard InChI is InChI=1S/C12H14BrN3O/c1-7-11(8-4-2-3-5-9(8)13)16-12(15-7)10(14)6-17/h2-5,10,17H,6,14H2,1H3,(H,15,16). The third kappa shape index (κ3) is 2.41. The molecule has 0 aliphatic rings. The van der Waals surface area contributed by atoms with E-state index in [4.69, 9.17) is 10.8 Å². The largest absolute Gasteiger partial charge is 0.394 e. The molecule has 0 radical (unpaired) electrons. The summed E-state index contributed by atoms with van der Waals surface area (Å²) in [5.41, 5.74) is 8.55. The van der Waals surface area contributed by atoms with Crippen LogP contribution in [0.5, 0.6) is 0 Å². The van der Waals surface area contributed by atoms with Gasteiger partial charge in [-0.15, -0.1) is 0 Å². The first-order valence-electron chi connectivity index (χ1n) is 5.31. The van der Waals surface area contributed by atoms with Crippen molar-refractivity contribution in [2.75, 3.05) is 6.61 Å². The molecule has 0 spiro atoms. The Labute approximate surface area is 108 Å². The number of aromatic amines is 1. The van der Waals surface area contributed by atoms with Crippen LogP contribution in [0.1, 0.15) is 17.6 Å². The second-order valence-corrected chi connectivity index (χ2v) is 4.72. The molecular formula is C12H14BrN3O. The number of aliphatic hydroxyl groups is 1. The molecule has 1 aromatic heterocycles. The van der Waals surface area contributed by atoms with Crippen LogP contribution in [0.25, 0.3) is 11.3 Å². The number of nitrogens with two attached hydrogens (primary N) is 1. The predicted molar refractivity (Wildman–Crippen MR) is 70.5 cm³/mol. The first-order valence-corrected chi connectivity index (χ1v) is 6.10. The molecule has 0 amide bonds. The summed E-state index contributed by atoms with van der Waals surface area (Å²) in [7, 11) is 0. The number of aromatic nitrogens is 2. The van der Waals surface area contributed by atoms with Gasteiger partial charge in [-0.05, 0) is 13.0 Å². The Hall–Kier alpha value is -1.17. The van der Waals surface area contributed by atoms with Crippen LogP contribution in [0.15, 0.2) is 28.7 Å². The van der Waals surface area contributed by atoms with Crippen molar-refractivity contribution in [2.24, 2.45) is 5.73 Å². The summed E-state index contributed by atoms with van der Waals surface area (Å²) in [4.78, 5) is 7.55. The molecule has 2 aromatic rings.